The van der Waals surface area contributed by atoms with Crippen LogP contribution in [-0.2, 0) is 17.7 Å². The van der Waals surface area contributed by atoms with Crippen LogP contribution in [0.3, 0.4) is 0 Å². The van der Waals surface area contributed by atoms with Crippen molar-refractivity contribution in [2.75, 3.05) is 39.4 Å². The van der Waals surface area contributed by atoms with Gasteiger partial charge in [-0.2, -0.15) is 0 Å². The lowest BCUT2D eigenvalue weighted by molar-refractivity contribution is 0.174. The Balaban J connectivity index is 1.67. The summed E-state index contributed by atoms with van der Waals surface area (Å²) in [6.07, 6.45) is 2.94. The molecule has 10 nitrogen and oxygen atoms in total. The van der Waals surface area contributed by atoms with Crippen molar-refractivity contribution in [1.29, 1.82) is 5.41 Å². The minimum atomic E-state index is -0.253. The van der Waals surface area contributed by atoms with Gasteiger partial charge in [-0.15, -0.1) is 0 Å². The first-order valence-electron chi connectivity index (χ1n) is 10.8. The van der Waals surface area contributed by atoms with Crippen molar-refractivity contribution in [3.8, 4) is 11.5 Å². The number of methoxy groups -OCH3 is 3. The Morgan fingerprint density at radius 3 is 2.67 bits per heavy atom. The molecule has 174 valence electrons. The van der Waals surface area contributed by atoms with E-state index in [1.165, 1.54) is 13.4 Å². The van der Waals surface area contributed by atoms with E-state index in [1.54, 1.807) is 26.4 Å². The highest BCUT2D eigenvalue weighted by Crippen LogP contribution is 2.31. The van der Waals surface area contributed by atoms with Crippen LogP contribution in [0.25, 0.3) is 10.9 Å². The van der Waals surface area contributed by atoms with Crippen molar-refractivity contribution in [3.05, 3.63) is 45.8 Å². The minimum Gasteiger partial charge on any atom is -0.493 e. The molecule has 0 bridgehead atoms. The van der Waals surface area contributed by atoms with E-state index in [0.717, 1.165) is 17.7 Å². The standard InChI is InChI=1S/C23H28N6O4/c1-5-13(11-31-2)20(24)21-14-6-7-29(10-17(14)25-12-26-21)23-27-16-9-19(33-4)18(32-3)8-15(16)22(30)28-23/h8-9,12-13,24H,5-7,10-11H2,1-4H3,(H,27,28,30)/t13-/m1/s1. The minimum absolute atomic E-state index is 0.0162. The molecule has 0 saturated heterocycles. The van der Waals surface area contributed by atoms with Crippen molar-refractivity contribution >= 4 is 22.6 Å². The molecular weight excluding hydrogens is 424 g/mol. The predicted octanol–water partition coefficient (Wildman–Crippen LogP) is 2.33. The van der Waals surface area contributed by atoms with Gasteiger partial charge in [0, 0.05) is 31.2 Å². The van der Waals surface area contributed by atoms with Crippen molar-refractivity contribution in [1.82, 2.24) is 19.9 Å². The number of ether oxygens (including phenoxy) is 3. The first-order valence-corrected chi connectivity index (χ1v) is 10.8. The summed E-state index contributed by atoms with van der Waals surface area (Å²) in [6, 6.07) is 3.33. The average molecular weight is 453 g/mol. The smallest absolute Gasteiger partial charge is 0.260 e. The summed E-state index contributed by atoms with van der Waals surface area (Å²) in [5, 5.41) is 9.10. The SMILES string of the molecule is CC[C@H](COC)C(=N)c1ncnc2c1CCN(c1nc3cc(OC)c(OC)cc3c(=O)[nH]1)C2. The van der Waals surface area contributed by atoms with E-state index in [4.69, 9.17) is 19.6 Å². The average Bonchev–Trinajstić information content (AvgIpc) is 2.85. The van der Waals surface area contributed by atoms with Gasteiger partial charge in [-0.3, -0.25) is 9.78 Å². The number of nitrogens with one attached hydrogen (secondary N) is 2. The van der Waals surface area contributed by atoms with Crippen LogP contribution in [-0.4, -0.2) is 60.1 Å². The summed E-state index contributed by atoms with van der Waals surface area (Å²) in [5.74, 6) is 1.43. The van der Waals surface area contributed by atoms with Gasteiger partial charge in [0.15, 0.2) is 11.5 Å². The lowest BCUT2D eigenvalue weighted by Crippen LogP contribution is -2.35. The molecule has 3 aromatic rings. The molecule has 0 saturated carbocycles. The van der Waals surface area contributed by atoms with Gasteiger partial charge in [-0.1, -0.05) is 6.92 Å². The second-order valence-corrected chi connectivity index (χ2v) is 7.91. The van der Waals surface area contributed by atoms with E-state index in [-0.39, 0.29) is 11.5 Å². The van der Waals surface area contributed by atoms with Crippen LogP contribution in [0.15, 0.2) is 23.3 Å². The molecular formula is C23H28N6O4. The Morgan fingerprint density at radius 2 is 1.97 bits per heavy atom. The van der Waals surface area contributed by atoms with E-state index in [2.05, 4.69) is 19.9 Å². The van der Waals surface area contributed by atoms with Gasteiger partial charge in [0.05, 0.1) is 55.4 Å². The number of anilines is 1. The largest absolute Gasteiger partial charge is 0.493 e. The normalized spacial score (nSPS) is 14.1. The maximum absolute atomic E-state index is 12.8. The van der Waals surface area contributed by atoms with Gasteiger partial charge < -0.3 is 24.5 Å². The maximum Gasteiger partial charge on any atom is 0.260 e. The second kappa shape index (κ2) is 9.53. The van der Waals surface area contributed by atoms with Crippen molar-refractivity contribution in [3.63, 3.8) is 0 Å². The van der Waals surface area contributed by atoms with Gasteiger partial charge in [0.2, 0.25) is 5.95 Å². The molecule has 10 heteroatoms. The lowest BCUT2D eigenvalue weighted by Gasteiger charge is -2.30. The van der Waals surface area contributed by atoms with Gasteiger partial charge in [-0.25, -0.2) is 15.0 Å². The number of benzene rings is 1. The van der Waals surface area contributed by atoms with Crippen LogP contribution < -0.4 is 19.9 Å². The molecule has 0 fully saturated rings. The topological polar surface area (TPSA) is 126 Å². The van der Waals surface area contributed by atoms with Crippen molar-refractivity contribution < 1.29 is 14.2 Å². The number of H-pyrrole nitrogens is 1. The number of hydrogen-bond donors (Lipinski definition) is 2. The molecule has 4 rings (SSSR count). The van der Waals surface area contributed by atoms with Crippen LogP contribution in [0.2, 0.25) is 0 Å². The number of aromatic nitrogens is 4. The Labute approximate surface area is 191 Å². The monoisotopic (exact) mass is 452 g/mol. The van der Waals surface area contributed by atoms with Crippen LogP contribution >= 0.6 is 0 Å². The van der Waals surface area contributed by atoms with Crippen LogP contribution in [0.1, 0.15) is 30.3 Å². The molecule has 2 N–H and O–H groups in total. The molecule has 0 radical (unpaired) electrons. The molecule has 0 aliphatic carbocycles. The molecule has 0 unspecified atom stereocenters. The summed E-state index contributed by atoms with van der Waals surface area (Å²) in [6.45, 7) is 3.60. The summed E-state index contributed by atoms with van der Waals surface area (Å²) >= 11 is 0. The molecule has 0 amide bonds. The zero-order chi connectivity index (χ0) is 23.5. The fourth-order valence-corrected chi connectivity index (χ4v) is 4.17. The third-order valence-electron chi connectivity index (χ3n) is 6.03. The number of hydrogen-bond acceptors (Lipinski definition) is 9. The molecule has 1 aromatic carbocycles. The highest BCUT2D eigenvalue weighted by atomic mass is 16.5. The Kier molecular flexibility index (Phi) is 6.55. The molecule has 2 aromatic heterocycles. The second-order valence-electron chi connectivity index (χ2n) is 7.91. The number of fused-ring (bicyclic) bond motifs is 2. The summed E-state index contributed by atoms with van der Waals surface area (Å²) in [5.41, 5.74) is 3.23. The van der Waals surface area contributed by atoms with Gasteiger partial charge in [-0.05, 0) is 18.9 Å². The fourth-order valence-electron chi connectivity index (χ4n) is 4.17. The number of aromatic amines is 1. The van der Waals surface area contributed by atoms with E-state index < -0.39 is 0 Å². The zero-order valence-electron chi connectivity index (χ0n) is 19.3. The number of rotatable bonds is 8. The van der Waals surface area contributed by atoms with Crippen molar-refractivity contribution in [2.45, 2.75) is 26.3 Å². The molecule has 0 spiro atoms. The zero-order valence-corrected chi connectivity index (χ0v) is 19.3. The Morgan fingerprint density at radius 1 is 1.21 bits per heavy atom. The van der Waals surface area contributed by atoms with Crippen LogP contribution in [0.4, 0.5) is 5.95 Å². The Bertz CT molecular complexity index is 1240. The fraction of sp³-hybridized carbons (Fsp3) is 0.435. The third-order valence-corrected chi connectivity index (χ3v) is 6.03. The van der Waals surface area contributed by atoms with Crippen LogP contribution in [0.5, 0.6) is 11.5 Å². The summed E-state index contributed by atoms with van der Waals surface area (Å²) < 4.78 is 15.9. The molecule has 33 heavy (non-hydrogen) atoms. The predicted molar refractivity (Wildman–Crippen MR) is 125 cm³/mol. The lowest BCUT2D eigenvalue weighted by atomic mass is 9.93. The first-order chi connectivity index (χ1) is 16.0. The number of nitrogens with zero attached hydrogens (tertiary/aromatic N) is 4. The van der Waals surface area contributed by atoms with E-state index in [1.807, 2.05) is 11.8 Å². The maximum atomic E-state index is 12.8. The summed E-state index contributed by atoms with van der Waals surface area (Å²) in [7, 11) is 4.72. The molecule has 1 aliphatic heterocycles. The summed E-state index contributed by atoms with van der Waals surface area (Å²) in [4.78, 5) is 31.2. The van der Waals surface area contributed by atoms with Gasteiger partial charge in [0.1, 0.15) is 6.33 Å². The van der Waals surface area contributed by atoms with Crippen molar-refractivity contribution in [2.24, 2.45) is 5.92 Å². The van der Waals surface area contributed by atoms with E-state index in [0.29, 0.717) is 65.9 Å². The van der Waals surface area contributed by atoms with Crippen LogP contribution in [0, 0.1) is 11.3 Å². The molecule has 1 atom stereocenters. The Hall–Kier alpha value is -3.53. The highest BCUT2D eigenvalue weighted by molar-refractivity contribution is 5.99. The molecule has 3 heterocycles. The van der Waals surface area contributed by atoms with Gasteiger partial charge >= 0.3 is 0 Å². The quantitative estimate of drug-likeness (QED) is 0.499. The highest BCUT2D eigenvalue weighted by Gasteiger charge is 2.26. The van der Waals surface area contributed by atoms with E-state index in [9.17, 15) is 4.79 Å². The van der Waals surface area contributed by atoms with E-state index >= 15 is 0 Å². The first kappa shape index (κ1) is 22.7. The third kappa shape index (κ3) is 4.25. The molecule has 1 aliphatic rings. The van der Waals surface area contributed by atoms with Gasteiger partial charge in [0.25, 0.3) is 5.56 Å².